The molecule has 0 bridgehead atoms. The SMILES string of the molecule is Cc1nc(Cn2nnc(NS(=O)(=O)c3ccc(Cl)cc3)c2C)no1. The summed E-state index contributed by atoms with van der Waals surface area (Å²) in [5, 5.41) is 12.0. The van der Waals surface area contributed by atoms with Crippen LogP contribution in [0.1, 0.15) is 17.4 Å². The lowest BCUT2D eigenvalue weighted by Crippen LogP contribution is -2.14. The smallest absolute Gasteiger partial charge is 0.263 e. The summed E-state index contributed by atoms with van der Waals surface area (Å²) in [6, 6.07) is 5.82. The van der Waals surface area contributed by atoms with Crippen molar-refractivity contribution in [1.29, 1.82) is 0 Å². The van der Waals surface area contributed by atoms with Crippen molar-refractivity contribution in [3.63, 3.8) is 0 Å². The summed E-state index contributed by atoms with van der Waals surface area (Å²) in [6.07, 6.45) is 0. The van der Waals surface area contributed by atoms with E-state index >= 15 is 0 Å². The molecular weight excluding hydrogens is 356 g/mol. The highest BCUT2D eigenvalue weighted by molar-refractivity contribution is 7.92. The quantitative estimate of drug-likeness (QED) is 0.729. The van der Waals surface area contributed by atoms with Crippen LogP contribution in [0, 0.1) is 13.8 Å². The van der Waals surface area contributed by atoms with Crippen molar-refractivity contribution < 1.29 is 12.9 Å². The van der Waals surface area contributed by atoms with E-state index in [1.807, 2.05) is 0 Å². The number of anilines is 1. The molecule has 11 heteroatoms. The Labute approximate surface area is 142 Å². The van der Waals surface area contributed by atoms with E-state index in [1.54, 1.807) is 13.8 Å². The number of aryl methyl sites for hydroxylation is 1. The number of hydrogen-bond acceptors (Lipinski definition) is 7. The Balaban J connectivity index is 1.82. The number of benzene rings is 1. The van der Waals surface area contributed by atoms with Crippen LogP contribution in [0.4, 0.5) is 5.82 Å². The highest BCUT2D eigenvalue weighted by Gasteiger charge is 2.19. The summed E-state index contributed by atoms with van der Waals surface area (Å²) < 4.78 is 33.5. The fourth-order valence-electron chi connectivity index (χ4n) is 1.94. The molecule has 2 heterocycles. The zero-order valence-electron chi connectivity index (χ0n) is 12.8. The molecule has 0 unspecified atom stereocenters. The first kappa shape index (κ1) is 16.4. The van der Waals surface area contributed by atoms with Crippen molar-refractivity contribution in [2.24, 2.45) is 0 Å². The van der Waals surface area contributed by atoms with Gasteiger partial charge >= 0.3 is 0 Å². The number of halogens is 1. The Kier molecular flexibility index (Phi) is 4.24. The predicted octanol–water partition coefficient (Wildman–Crippen LogP) is 1.78. The standard InChI is InChI=1S/C13H13ClN6O3S/c1-8-13(16-19-20(8)7-12-15-9(2)23-17-12)18-24(21,22)11-5-3-10(14)4-6-11/h3-6,18H,7H2,1-2H3. The molecule has 0 saturated carbocycles. The van der Waals surface area contributed by atoms with Crippen LogP contribution in [0.3, 0.4) is 0 Å². The van der Waals surface area contributed by atoms with Gasteiger partial charge in [0.05, 0.1) is 10.6 Å². The molecule has 1 aromatic carbocycles. The summed E-state index contributed by atoms with van der Waals surface area (Å²) in [7, 11) is -3.78. The van der Waals surface area contributed by atoms with E-state index in [9.17, 15) is 8.42 Å². The molecule has 9 nitrogen and oxygen atoms in total. The summed E-state index contributed by atoms with van der Waals surface area (Å²) in [6.45, 7) is 3.59. The zero-order chi connectivity index (χ0) is 17.3. The van der Waals surface area contributed by atoms with E-state index in [2.05, 4.69) is 25.2 Å². The maximum Gasteiger partial charge on any atom is 0.263 e. The van der Waals surface area contributed by atoms with Gasteiger partial charge in [-0.15, -0.1) is 5.10 Å². The Bertz CT molecular complexity index is 964. The van der Waals surface area contributed by atoms with E-state index in [-0.39, 0.29) is 17.3 Å². The molecule has 0 amide bonds. The molecule has 1 N–H and O–H groups in total. The van der Waals surface area contributed by atoms with Crippen LogP contribution < -0.4 is 4.72 Å². The molecular formula is C13H13ClN6O3S. The normalized spacial score (nSPS) is 11.6. The summed E-state index contributed by atoms with van der Waals surface area (Å²) in [5.74, 6) is 0.990. The Morgan fingerprint density at radius 1 is 1.25 bits per heavy atom. The molecule has 2 aromatic heterocycles. The molecule has 3 rings (SSSR count). The third-order valence-electron chi connectivity index (χ3n) is 3.20. The van der Waals surface area contributed by atoms with Gasteiger partial charge in [0.15, 0.2) is 11.6 Å². The lowest BCUT2D eigenvalue weighted by atomic mass is 10.4. The van der Waals surface area contributed by atoms with E-state index in [4.69, 9.17) is 16.1 Å². The van der Waals surface area contributed by atoms with E-state index in [0.717, 1.165) is 0 Å². The second kappa shape index (κ2) is 6.21. The van der Waals surface area contributed by atoms with Gasteiger partial charge in [-0.1, -0.05) is 22.0 Å². The fraction of sp³-hybridized carbons (Fsp3) is 0.231. The Hall–Kier alpha value is -2.46. The molecule has 0 atom stereocenters. The van der Waals surface area contributed by atoms with Crippen LogP contribution in [0.15, 0.2) is 33.7 Å². The molecule has 0 spiro atoms. The van der Waals surface area contributed by atoms with Gasteiger partial charge in [-0.2, -0.15) is 4.98 Å². The number of nitrogens with one attached hydrogen (secondary N) is 1. The Morgan fingerprint density at radius 3 is 2.58 bits per heavy atom. The van der Waals surface area contributed by atoms with Crippen molar-refractivity contribution in [2.45, 2.75) is 25.3 Å². The number of sulfonamides is 1. The van der Waals surface area contributed by atoms with Crippen LogP contribution in [0.2, 0.25) is 5.02 Å². The first-order valence-corrected chi connectivity index (χ1v) is 8.69. The first-order chi connectivity index (χ1) is 11.3. The fourth-order valence-corrected chi connectivity index (χ4v) is 3.13. The largest absolute Gasteiger partial charge is 0.340 e. The second-order valence-electron chi connectivity index (χ2n) is 4.97. The van der Waals surface area contributed by atoms with Crippen LogP contribution in [-0.2, 0) is 16.6 Å². The van der Waals surface area contributed by atoms with Gasteiger partial charge in [-0.05, 0) is 31.2 Å². The van der Waals surface area contributed by atoms with Crippen molar-refractivity contribution in [3.8, 4) is 0 Å². The topological polar surface area (TPSA) is 116 Å². The van der Waals surface area contributed by atoms with E-state index < -0.39 is 10.0 Å². The van der Waals surface area contributed by atoms with Gasteiger partial charge in [0.25, 0.3) is 10.0 Å². The highest BCUT2D eigenvalue weighted by Crippen LogP contribution is 2.19. The number of hydrogen-bond donors (Lipinski definition) is 1. The summed E-state index contributed by atoms with van der Waals surface area (Å²) in [4.78, 5) is 4.15. The average Bonchev–Trinajstić information content (AvgIpc) is 3.08. The van der Waals surface area contributed by atoms with E-state index in [0.29, 0.717) is 22.4 Å². The minimum atomic E-state index is -3.78. The summed E-state index contributed by atoms with van der Waals surface area (Å²) in [5.41, 5.74) is 0.523. The summed E-state index contributed by atoms with van der Waals surface area (Å²) >= 11 is 5.77. The average molecular weight is 369 g/mol. The van der Waals surface area contributed by atoms with Crippen LogP contribution in [0.25, 0.3) is 0 Å². The van der Waals surface area contributed by atoms with Gasteiger partial charge in [0.1, 0.15) is 6.54 Å². The maximum absolute atomic E-state index is 12.4. The number of rotatable bonds is 5. The van der Waals surface area contributed by atoms with E-state index in [1.165, 1.54) is 28.9 Å². The van der Waals surface area contributed by atoms with Gasteiger partial charge < -0.3 is 4.52 Å². The van der Waals surface area contributed by atoms with Gasteiger partial charge in [-0.25, -0.2) is 13.1 Å². The molecule has 0 saturated heterocycles. The molecule has 0 aliphatic rings. The van der Waals surface area contributed by atoms with Gasteiger partial charge in [0, 0.05) is 11.9 Å². The first-order valence-electron chi connectivity index (χ1n) is 6.83. The second-order valence-corrected chi connectivity index (χ2v) is 7.09. The third-order valence-corrected chi connectivity index (χ3v) is 4.81. The lowest BCUT2D eigenvalue weighted by molar-refractivity contribution is 0.384. The zero-order valence-corrected chi connectivity index (χ0v) is 14.3. The van der Waals surface area contributed by atoms with Crippen LogP contribution in [-0.4, -0.2) is 33.6 Å². The van der Waals surface area contributed by atoms with Crippen LogP contribution in [0.5, 0.6) is 0 Å². The Morgan fingerprint density at radius 2 is 1.96 bits per heavy atom. The maximum atomic E-state index is 12.4. The van der Waals surface area contributed by atoms with Crippen molar-refractivity contribution in [3.05, 3.63) is 46.7 Å². The molecule has 0 fully saturated rings. The molecule has 0 aliphatic heterocycles. The monoisotopic (exact) mass is 368 g/mol. The van der Waals surface area contributed by atoms with Gasteiger partial charge in [-0.3, -0.25) is 4.72 Å². The molecule has 0 radical (unpaired) electrons. The van der Waals surface area contributed by atoms with Crippen molar-refractivity contribution in [2.75, 3.05) is 4.72 Å². The van der Waals surface area contributed by atoms with Gasteiger partial charge in [0.2, 0.25) is 5.89 Å². The molecule has 3 aromatic rings. The lowest BCUT2D eigenvalue weighted by Gasteiger charge is -2.06. The van der Waals surface area contributed by atoms with Crippen molar-refractivity contribution in [1.82, 2.24) is 25.1 Å². The number of aromatic nitrogens is 5. The number of nitrogens with zero attached hydrogens (tertiary/aromatic N) is 5. The van der Waals surface area contributed by atoms with Crippen LogP contribution >= 0.6 is 11.6 Å². The molecule has 24 heavy (non-hydrogen) atoms. The minimum Gasteiger partial charge on any atom is -0.340 e. The van der Waals surface area contributed by atoms with Crippen molar-refractivity contribution >= 4 is 27.4 Å². The minimum absolute atomic E-state index is 0.0784. The third kappa shape index (κ3) is 3.39. The highest BCUT2D eigenvalue weighted by atomic mass is 35.5. The molecule has 126 valence electrons. The molecule has 0 aliphatic carbocycles. The predicted molar refractivity (Wildman–Crippen MR) is 85.2 cm³/mol.